The maximum Gasteiger partial charge on any atom is 0.308 e. The molecule has 5 aromatic rings. The fourth-order valence-corrected chi connectivity index (χ4v) is 7.44. The molecule has 0 aliphatic heterocycles. The van der Waals surface area contributed by atoms with Gasteiger partial charge in [-0.05, 0) is 0 Å². The summed E-state index contributed by atoms with van der Waals surface area (Å²) >= 11 is 0. The van der Waals surface area contributed by atoms with Crippen LogP contribution in [0.25, 0.3) is 11.1 Å². The van der Waals surface area contributed by atoms with Crippen LogP contribution < -0.4 is 80.5 Å². The summed E-state index contributed by atoms with van der Waals surface area (Å²) in [6, 6.07) is 6.89. The molecule has 0 unspecified atom stereocenters. The number of benzene rings is 5. The molecule has 0 spiro atoms. The zero-order chi connectivity index (χ0) is 66.5. The van der Waals surface area contributed by atoms with Gasteiger partial charge in [-0.2, -0.15) is 0 Å². The number of ether oxygens (including phenoxy) is 17. The SMILES string of the molecule is CC(=O)Oc1cc(OC(C)=O)c(-c2c(OC(C)=O)cc(OC(C)=O)c(Oc3cc(OC(C)=O)c(OC(C)=O)c(OC(C)=O)c3Oc3cc(OC(C)=O)c(Oc4cc(OC(C)=O)c(OC(C)=O)c(OC(C)=O)c4)c(OC(C)=O)c3)c2OC(C)=O)c(OC(C)=O)c1. The highest BCUT2D eigenvalue weighted by atomic mass is 16.6. The molecule has 0 fully saturated rings. The van der Waals surface area contributed by atoms with Crippen LogP contribution in [0.4, 0.5) is 0 Å². The number of hydrogen-bond donors (Lipinski definition) is 0. The predicted octanol–water partition coefficient (Wildman–Crippen LogP) is 7.68. The van der Waals surface area contributed by atoms with Gasteiger partial charge in [0.05, 0.1) is 11.1 Å². The second-order valence-corrected chi connectivity index (χ2v) is 17.7. The average molecular weight is 1240 g/mol. The highest BCUT2D eigenvalue weighted by Gasteiger charge is 2.37. The summed E-state index contributed by atoms with van der Waals surface area (Å²) in [5.41, 5.74) is -1.37. The minimum absolute atomic E-state index is 0.430. The van der Waals surface area contributed by atoms with E-state index in [1.54, 1.807) is 0 Å². The lowest BCUT2D eigenvalue weighted by Gasteiger charge is -2.24. The lowest BCUT2D eigenvalue weighted by Crippen LogP contribution is -2.14. The number of carbonyl (C=O) groups is 14. The molecule has 0 N–H and O–H groups in total. The summed E-state index contributed by atoms with van der Waals surface area (Å²) in [5.74, 6) is -30.7. The molecule has 0 saturated carbocycles. The Bertz CT molecular complexity index is 3720. The Morgan fingerprint density at radius 2 is 0.416 bits per heavy atom. The lowest BCUT2D eigenvalue weighted by molar-refractivity contribution is -0.135. The number of rotatable bonds is 21. The van der Waals surface area contributed by atoms with Gasteiger partial charge >= 0.3 is 83.6 Å². The molecule has 0 atom stereocenters. The first-order chi connectivity index (χ1) is 41.6. The zero-order valence-corrected chi connectivity index (χ0v) is 49.3. The van der Waals surface area contributed by atoms with Crippen LogP contribution in [0.5, 0.6) is 115 Å². The van der Waals surface area contributed by atoms with Crippen LogP contribution in [0.3, 0.4) is 0 Å². The van der Waals surface area contributed by atoms with Crippen molar-refractivity contribution in [2.24, 2.45) is 0 Å². The smallest absolute Gasteiger partial charge is 0.308 e. The molecule has 0 heterocycles. The van der Waals surface area contributed by atoms with Crippen molar-refractivity contribution < 1.29 is 148 Å². The van der Waals surface area contributed by atoms with Gasteiger partial charge in [-0.25, -0.2) is 0 Å². The summed E-state index contributed by atoms with van der Waals surface area (Å²) in [7, 11) is 0. The molecule has 0 aliphatic rings. The van der Waals surface area contributed by atoms with Gasteiger partial charge in [0, 0.05) is 145 Å². The van der Waals surface area contributed by atoms with Crippen molar-refractivity contribution >= 4 is 83.6 Å². The van der Waals surface area contributed by atoms with Gasteiger partial charge < -0.3 is 80.5 Å². The minimum atomic E-state index is -1.27. The fraction of sp³-hybridized carbons (Fsp3) is 0.241. The van der Waals surface area contributed by atoms with Crippen molar-refractivity contribution in [3.8, 4) is 126 Å². The molecule has 0 radical (unpaired) electrons. The van der Waals surface area contributed by atoms with Crippen LogP contribution in [0.1, 0.15) is 96.9 Å². The van der Waals surface area contributed by atoms with Gasteiger partial charge in [0.25, 0.3) is 0 Å². The molecule has 0 aromatic heterocycles. The average Bonchev–Trinajstić information content (AvgIpc) is 0.772. The Morgan fingerprint density at radius 3 is 0.775 bits per heavy atom. The molecular formula is C58H50O31. The van der Waals surface area contributed by atoms with E-state index in [9.17, 15) is 67.1 Å². The normalized spacial score (nSPS) is 10.3. The Balaban J connectivity index is 2.05. The van der Waals surface area contributed by atoms with E-state index in [-0.39, 0.29) is 0 Å². The van der Waals surface area contributed by atoms with Crippen molar-refractivity contribution in [2.75, 3.05) is 0 Å². The fourth-order valence-electron chi connectivity index (χ4n) is 7.44. The minimum Gasteiger partial charge on any atom is -0.449 e. The summed E-state index contributed by atoms with van der Waals surface area (Å²) < 4.78 is 95.0. The largest absolute Gasteiger partial charge is 0.449 e. The first-order valence-corrected chi connectivity index (χ1v) is 25.2. The molecule has 0 aliphatic carbocycles. The van der Waals surface area contributed by atoms with E-state index >= 15 is 0 Å². The lowest BCUT2D eigenvalue weighted by atomic mass is 9.99. The van der Waals surface area contributed by atoms with Gasteiger partial charge in [0.15, 0.2) is 46.0 Å². The highest BCUT2D eigenvalue weighted by Crippen LogP contribution is 2.60. The monoisotopic (exact) mass is 1240 g/mol. The molecule has 31 heteroatoms. The van der Waals surface area contributed by atoms with Crippen molar-refractivity contribution in [2.45, 2.75) is 96.9 Å². The third-order valence-corrected chi connectivity index (χ3v) is 9.75. The first kappa shape index (κ1) is 67.9. The molecule has 5 rings (SSSR count). The molecule has 5 aromatic carbocycles. The third kappa shape index (κ3) is 19.0. The van der Waals surface area contributed by atoms with E-state index < -0.39 is 210 Å². The molecule has 31 nitrogen and oxygen atoms in total. The molecule has 0 bridgehead atoms. The summed E-state index contributed by atoms with van der Waals surface area (Å²) in [6.07, 6.45) is 0. The molecule has 468 valence electrons. The van der Waals surface area contributed by atoms with Gasteiger partial charge in [-0.1, -0.05) is 0 Å². The van der Waals surface area contributed by atoms with Crippen LogP contribution in [0.2, 0.25) is 0 Å². The maximum atomic E-state index is 13.5. The van der Waals surface area contributed by atoms with E-state index in [4.69, 9.17) is 80.5 Å². The Hall–Kier alpha value is -11.9. The maximum absolute atomic E-state index is 13.5. The zero-order valence-electron chi connectivity index (χ0n) is 49.3. The van der Waals surface area contributed by atoms with Gasteiger partial charge in [-0.15, -0.1) is 0 Å². The van der Waals surface area contributed by atoms with E-state index in [1.807, 2.05) is 0 Å². The molecular weight excluding hydrogens is 1190 g/mol. The van der Waals surface area contributed by atoms with Gasteiger partial charge in [0.2, 0.25) is 34.5 Å². The van der Waals surface area contributed by atoms with Crippen LogP contribution >= 0.6 is 0 Å². The van der Waals surface area contributed by atoms with E-state index in [0.29, 0.717) is 0 Å². The molecule has 0 saturated heterocycles. The number of esters is 14. The van der Waals surface area contributed by atoms with E-state index in [2.05, 4.69) is 0 Å². The summed E-state index contributed by atoms with van der Waals surface area (Å²) in [6.45, 7) is 12.7. The summed E-state index contributed by atoms with van der Waals surface area (Å²) in [4.78, 5) is 179. The Labute approximate surface area is 501 Å². The third-order valence-electron chi connectivity index (χ3n) is 9.75. The van der Waals surface area contributed by atoms with E-state index in [1.165, 1.54) is 0 Å². The number of hydrogen-bond acceptors (Lipinski definition) is 31. The summed E-state index contributed by atoms with van der Waals surface area (Å²) in [5, 5.41) is 0. The van der Waals surface area contributed by atoms with Gasteiger partial charge in [-0.3, -0.25) is 67.1 Å². The van der Waals surface area contributed by atoms with Crippen molar-refractivity contribution in [1.29, 1.82) is 0 Å². The Kier molecular flexibility index (Phi) is 22.3. The van der Waals surface area contributed by atoms with Crippen molar-refractivity contribution in [1.82, 2.24) is 0 Å². The van der Waals surface area contributed by atoms with Crippen molar-refractivity contribution in [3.63, 3.8) is 0 Å². The van der Waals surface area contributed by atoms with Crippen LogP contribution in [0.15, 0.2) is 48.5 Å². The quantitative estimate of drug-likeness (QED) is 0.0501. The second kappa shape index (κ2) is 29.3. The van der Waals surface area contributed by atoms with Gasteiger partial charge in [0.1, 0.15) is 34.5 Å². The van der Waals surface area contributed by atoms with E-state index in [0.717, 1.165) is 145 Å². The van der Waals surface area contributed by atoms with Crippen LogP contribution in [0, 0.1) is 0 Å². The van der Waals surface area contributed by atoms with Crippen molar-refractivity contribution in [3.05, 3.63) is 48.5 Å². The highest BCUT2D eigenvalue weighted by molar-refractivity contribution is 5.96. The first-order valence-electron chi connectivity index (χ1n) is 25.2. The predicted molar refractivity (Wildman–Crippen MR) is 290 cm³/mol. The topological polar surface area (TPSA) is 396 Å². The second-order valence-electron chi connectivity index (χ2n) is 17.7. The van der Waals surface area contributed by atoms with Crippen LogP contribution in [-0.2, 0) is 67.1 Å². The number of carbonyl (C=O) groups excluding carboxylic acids is 14. The Morgan fingerprint density at radius 1 is 0.180 bits per heavy atom. The molecule has 89 heavy (non-hydrogen) atoms. The molecule has 0 amide bonds. The standard InChI is InChI=1S/C58H50O31/c1-23(59)73-37-15-40(74-24(2)60)50(41(16-37)75-25(3)61)51-42(76-26(4)62)21-47(81-31(9)67)54(57(51)85-35(13)71)89-49-22-48(82-32(10)68)55(84-34(12)70)58(86-36(14)72)56(49)88-39-19-45(79-29(7)65)53(46(20-39)80-30(8)66)87-38-17-43(77-27(5)63)52(83-33(11)69)44(18-38)78-28(6)64/h15-22H,1-14H3. The van der Waals surface area contributed by atoms with Crippen LogP contribution in [-0.4, -0.2) is 83.6 Å².